The number of carbonyl (C=O) groups is 1. The molecule has 0 spiro atoms. The van der Waals surface area contributed by atoms with Gasteiger partial charge in [-0.25, -0.2) is 9.18 Å². The first-order valence-corrected chi connectivity index (χ1v) is 6.29. The van der Waals surface area contributed by atoms with Gasteiger partial charge in [-0.15, -0.1) is 0 Å². The molecule has 2 rings (SSSR count). The third-order valence-corrected chi connectivity index (χ3v) is 3.70. The number of esters is 1. The first kappa shape index (κ1) is 13.8. The lowest BCUT2D eigenvalue weighted by Crippen LogP contribution is -2.49. The van der Waals surface area contributed by atoms with E-state index in [1.807, 2.05) is 7.05 Å². The summed E-state index contributed by atoms with van der Waals surface area (Å²) >= 11 is 0. The van der Waals surface area contributed by atoms with E-state index >= 15 is 0 Å². The second-order valence-corrected chi connectivity index (χ2v) is 5.18. The molecule has 0 saturated carbocycles. The number of carbonyl (C=O) groups excluding carboxylic acids is 1. The Morgan fingerprint density at radius 2 is 2.32 bits per heavy atom. The standard InChI is InChI=1S/C14H19FN2O2/c1-10-8-14(9-17(10)2,13(18)19-3)16-12-6-4-5-11(15)7-12/h4-7,10,16H,8-9H2,1-3H3. The second-order valence-electron chi connectivity index (χ2n) is 5.18. The van der Waals surface area contributed by atoms with Crippen LogP contribution < -0.4 is 5.32 Å². The Kier molecular flexibility index (Phi) is 3.75. The summed E-state index contributed by atoms with van der Waals surface area (Å²) in [5, 5.41) is 3.15. The van der Waals surface area contributed by atoms with Crippen LogP contribution in [0.1, 0.15) is 13.3 Å². The Hall–Kier alpha value is -1.62. The molecule has 1 fully saturated rings. The van der Waals surface area contributed by atoms with E-state index < -0.39 is 5.54 Å². The topological polar surface area (TPSA) is 41.6 Å². The van der Waals surface area contributed by atoms with Gasteiger partial charge in [0.05, 0.1) is 7.11 Å². The van der Waals surface area contributed by atoms with E-state index in [1.54, 1.807) is 12.1 Å². The van der Waals surface area contributed by atoms with E-state index in [4.69, 9.17) is 4.74 Å². The first-order chi connectivity index (χ1) is 8.97. The zero-order valence-electron chi connectivity index (χ0n) is 11.4. The van der Waals surface area contributed by atoms with Crippen molar-refractivity contribution in [2.24, 2.45) is 0 Å². The van der Waals surface area contributed by atoms with Gasteiger partial charge in [0.15, 0.2) is 0 Å². The molecule has 19 heavy (non-hydrogen) atoms. The molecule has 0 bridgehead atoms. The van der Waals surface area contributed by atoms with Crippen molar-refractivity contribution in [3.8, 4) is 0 Å². The molecule has 4 nitrogen and oxygen atoms in total. The number of likely N-dealkylation sites (N-methyl/N-ethyl adjacent to an activating group) is 1. The molecule has 1 heterocycles. The van der Waals surface area contributed by atoms with Crippen LogP contribution in [-0.4, -0.2) is 43.2 Å². The van der Waals surface area contributed by atoms with Crippen molar-refractivity contribution in [3.05, 3.63) is 30.1 Å². The van der Waals surface area contributed by atoms with E-state index in [-0.39, 0.29) is 17.8 Å². The van der Waals surface area contributed by atoms with Gasteiger partial charge in [-0.2, -0.15) is 0 Å². The molecule has 0 aliphatic carbocycles. The molecule has 1 aliphatic heterocycles. The third-order valence-electron chi connectivity index (χ3n) is 3.70. The molecule has 0 aromatic heterocycles. The number of benzene rings is 1. The Bertz CT molecular complexity index is 468. The smallest absolute Gasteiger partial charge is 0.332 e. The largest absolute Gasteiger partial charge is 0.467 e. The Balaban J connectivity index is 2.27. The van der Waals surface area contributed by atoms with Crippen molar-refractivity contribution in [1.82, 2.24) is 4.90 Å². The van der Waals surface area contributed by atoms with Crippen LogP contribution in [0.25, 0.3) is 0 Å². The van der Waals surface area contributed by atoms with Crippen molar-refractivity contribution < 1.29 is 13.9 Å². The third kappa shape index (κ3) is 2.71. The predicted octanol–water partition coefficient (Wildman–Crippen LogP) is 1.87. The summed E-state index contributed by atoms with van der Waals surface area (Å²) in [4.78, 5) is 14.2. The SMILES string of the molecule is COC(=O)C1(Nc2cccc(F)c2)CC(C)N(C)C1. The quantitative estimate of drug-likeness (QED) is 0.848. The molecule has 1 aromatic rings. The minimum atomic E-state index is -0.809. The molecule has 0 amide bonds. The molecule has 2 atom stereocenters. The molecule has 5 heteroatoms. The van der Waals surface area contributed by atoms with Gasteiger partial charge in [-0.05, 0) is 38.6 Å². The number of rotatable bonds is 3. The van der Waals surface area contributed by atoms with Crippen molar-refractivity contribution >= 4 is 11.7 Å². The predicted molar refractivity (Wildman–Crippen MR) is 71.5 cm³/mol. The number of hydrogen-bond acceptors (Lipinski definition) is 4. The fourth-order valence-electron chi connectivity index (χ4n) is 2.63. The van der Waals surface area contributed by atoms with Crippen molar-refractivity contribution in [2.75, 3.05) is 26.0 Å². The summed E-state index contributed by atoms with van der Waals surface area (Å²) in [7, 11) is 3.34. The van der Waals surface area contributed by atoms with Crippen LogP contribution in [0.4, 0.5) is 10.1 Å². The molecular formula is C14H19FN2O2. The van der Waals surface area contributed by atoms with Crippen LogP contribution in [-0.2, 0) is 9.53 Å². The average molecular weight is 266 g/mol. The number of nitrogens with one attached hydrogen (secondary N) is 1. The maximum Gasteiger partial charge on any atom is 0.332 e. The van der Waals surface area contributed by atoms with E-state index in [9.17, 15) is 9.18 Å². The highest BCUT2D eigenvalue weighted by molar-refractivity contribution is 5.85. The van der Waals surface area contributed by atoms with Crippen LogP contribution in [0.5, 0.6) is 0 Å². The molecule has 1 saturated heterocycles. The highest BCUT2D eigenvalue weighted by Gasteiger charge is 2.47. The van der Waals surface area contributed by atoms with Gasteiger partial charge in [0.25, 0.3) is 0 Å². The summed E-state index contributed by atoms with van der Waals surface area (Å²) < 4.78 is 18.2. The van der Waals surface area contributed by atoms with Crippen LogP contribution in [0.2, 0.25) is 0 Å². The van der Waals surface area contributed by atoms with Crippen LogP contribution in [0, 0.1) is 5.82 Å². The average Bonchev–Trinajstić information content (AvgIpc) is 2.64. The zero-order chi connectivity index (χ0) is 14.0. The summed E-state index contributed by atoms with van der Waals surface area (Å²) in [6, 6.07) is 6.38. The molecule has 0 radical (unpaired) electrons. The highest BCUT2D eigenvalue weighted by atomic mass is 19.1. The maximum absolute atomic E-state index is 13.2. The summed E-state index contributed by atoms with van der Waals surface area (Å²) in [5.41, 5.74) is -0.218. The second kappa shape index (κ2) is 5.17. The minimum absolute atomic E-state index is 0.264. The number of anilines is 1. The van der Waals surface area contributed by atoms with Gasteiger partial charge in [0.2, 0.25) is 0 Å². The van der Waals surface area contributed by atoms with Gasteiger partial charge < -0.3 is 15.0 Å². The number of methoxy groups -OCH3 is 1. The highest BCUT2D eigenvalue weighted by Crippen LogP contribution is 2.31. The van der Waals surface area contributed by atoms with E-state index in [0.717, 1.165) is 0 Å². The minimum Gasteiger partial charge on any atom is -0.467 e. The lowest BCUT2D eigenvalue weighted by molar-refractivity contribution is -0.145. The van der Waals surface area contributed by atoms with Crippen molar-refractivity contribution in [3.63, 3.8) is 0 Å². The Labute approximate surface area is 112 Å². The number of nitrogens with zero attached hydrogens (tertiary/aromatic N) is 1. The molecule has 1 aliphatic rings. The number of likely N-dealkylation sites (tertiary alicyclic amines) is 1. The molecule has 1 aromatic carbocycles. The molecule has 1 N–H and O–H groups in total. The van der Waals surface area contributed by atoms with E-state index in [0.29, 0.717) is 18.7 Å². The van der Waals surface area contributed by atoms with Gasteiger partial charge in [0, 0.05) is 18.3 Å². The zero-order valence-corrected chi connectivity index (χ0v) is 11.4. The summed E-state index contributed by atoms with van der Waals surface area (Å²) in [6.07, 6.45) is 0.632. The van der Waals surface area contributed by atoms with Crippen molar-refractivity contribution in [1.29, 1.82) is 0 Å². The lowest BCUT2D eigenvalue weighted by Gasteiger charge is -2.28. The van der Waals surface area contributed by atoms with Crippen LogP contribution >= 0.6 is 0 Å². The maximum atomic E-state index is 13.2. The fourth-order valence-corrected chi connectivity index (χ4v) is 2.63. The fraction of sp³-hybridized carbons (Fsp3) is 0.500. The van der Waals surface area contributed by atoms with Gasteiger partial charge in [-0.1, -0.05) is 6.07 Å². The number of ether oxygens (including phenoxy) is 1. The lowest BCUT2D eigenvalue weighted by atomic mass is 9.95. The number of halogens is 1. The monoisotopic (exact) mass is 266 g/mol. The molecule has 104 valence electrons. The van der Waals surface area contributed by atoms with Crippen LogP contribution in [0.15, 0.2) is 24.3 Å². The molecule has 2 unspecified atom stereocenters. The van der Waals surface area contributed by atoms with Crippen molar-refractivity contribution in [2.45, 2.75) is 24.9 Å². The molecular weight excluding hydrogens is 247 g/mol. The first-order valence-electron chi connectivity index (χ1n) is 6.29. The van der Waals surface area contributed by atoms with E-state index in [2.05, 4.69) is 17.1 Å². The van der Waals surface area contributed by atoms with E-state index in [1.165, 1.54) is 19.2 Å². The normalized spacial score (nSPS) is 27.3. The van der Waals surface area contributed by atoms with Gasteiger partial charge in [0.1, 0.15) is 11.4 Å². The summed E-state index contributed by atoms with van der Waals surface area (Å²) in [6.45, 7) is 2.59. The number of hydrogen-bond donors (Lipinski definition) is 1. The Morgan fingerprint density at radius 3 is 2.84 bits per heavy atom. The van der Waals surface area contributed by atoms with Crippen LogP contribution in [0.3, 0.4) is 0 Å². The van der Waals surface area contributed by atoms with Gasteiger partial charge in [-0.3, -0.25) is 0 Å². The summed E-state index contributed by atoms with van der Waals surface area (Å²) in [5.74, 6) is -0.641. The van der Waals surface area contributed by atoms with Gasteiger partial charge >= 0.3 is 5.97 Å². The Morgan fingerprint density at radius 1 is 1.58 bits per heavy atom.